The van der Waals surface area contributed by atoms with Gasteiger partial charge in [0.25, 0.3) is 0 Å². The largest absolute Gasteiger partial charge is 0.241 e. The molecule has 22 heavy (non-hydrogen) atoms. The molecule has 0 spiro atoms. The van der Waals surface area contributed by atoms with Crippen LogP contribution in [0, 0.1) is 17.7 Å². The van der Waals surface area contributed by atoms with E-state index in [2.05, 4.69) is 16.6 Å². The molecule has 0 fully saturated rings. The van der Waals surface area contributed by atoms with Crippen molar-refractivity contribution in [2.75, 3.05) is 6.54 Å². The molecule has 0 radical (unpaired) electrons. The first kappa shape index (κ1) is 16.8. The molecule has 0 bridgehead atoms. The molecule has 0 aromatic heterocycles. The second-order valence-corrected chi connectivity index (χ2v) is 6.76. The second kappa shape index (κ2) is 7.12. The third-order valence-electron chi connectivity index (χ3n) is 2.65. The van der Waals surface area contributed by atoms with Crippen molar-refractivity contribution in [3.8, 4) is 11.8 Å². The lowest BCUT2D eigenvalue weighted by Crippen LogP contribution is -2.24. The zero-order chi connectivity index (χ0) is 16.2. The van der Waals surface area contributed by atoms with E-state index in [1.165, 1.54) is 0 Å². The number of sulfonamides is 1. The maximum Gasteiger partial charge on any atom is 0.241 e. The average molecular weight is 358 g/mol. The standard InChI is InChI=1S/C15H10Cl2FNO2S/c16-13-6-2-1-4-11(13)5-3-9-19-22(20,21)12-7-8-15(18)14(17)10-12/h1-2,4,6-8,10,19H,9H2. The molecular formula is C15H10Cl2FNO2S. The van der Waals surface area contributed by atoms with Gasteiger partial charge in [0.2, 0.25) is 10.0 Å². The first-order valence-electron chi connectivity index (χ1n) is 6.08. The topological polar surface area (TPSA) is 46.2 Å². The van der Waals surface area contributed by atoms with Crippen LogP contribution in [0.3, 0.4) is 0 Å². The van der Waals surface area contributed by atoms with Crippen LogP contribution in [0.25, 0.3) is 0 Å². The lowest BCUT2D eigenvalue weighted by molar-refractivity contribution is 0.585. The van der Waals surface area contributed by atoms with Crippen molar-refractivity contribution in [1.29, 1.82) is 0 Å². The minimum absolute atomic E-state index is 0.109. The van der Waals surface area contributed by atoms with Gasteiger partial charge in [-0.05, 0) is 30.3 Å². The number of rotatable bonds is 3. The Balaban J connectivity index is 2.08. The maximum absolute atomic E-state index is 13.0. The fourth-order valence-electron chi connectivity index (χ4n) is 1.56. The van der Waals surface area contributed by atoms with Gasteiger partial charge in [-0.25, -0.2) is 12.8 Å². The summed E-state index contributed by atoms with van der Waals surface area (Å²) in [5.74, 6) is 4.74. The Morgan fingerprint density at radius 2 is 1.82 bits per heavy atom. The third kappa shape index (κ3) is 4.21. The zero-order valence-corrected chi connectivity index (χ0v) is 13.4. The average Bonchev–Trinajstić information content (AvgIpc) is 2.48. The van der Waals surface area contributed by atoms with Gasteiger partial charge >= 0.3 is 0 Å². The van der Waals surface area contributed by atoms with Crippen LogP contribution in [0.5, 0.6) is 0 Å². The maximum atomic E-state index is 13.0. The summed E-state index contributed by atoms with van der Waals surface area (Å²) in [6, 6.07) is 10.1. The second-order valence-electron chi connectivity index (χ2n) is 4.18. The highest BCUT2D eigenvalue weighted by atomic mass is 35.5. The minimum atomic E-state index is -3.80. The van der Waals surface area contributed by atoms with Gasteiger partial charge in [-0.3, -0.25) is 0 Å². The van der Waals surface area contributed by atoms with Crippen LogP contribution in [0.4, 0.5) is 4.39 Å². The molecule has 0 saturated heterocycles. The van der Waals surface area contributed by atoms with E-state index in [0.717, 1.165) is 18.2 Å². The Labute approximate surface area is 138 Å². The van der Waals surface area contributed by atoms with Gasteiger partial charge in [0.05, 0.1) is 21.5 Å². The summed E-state index contributed by atoms with van der Waals surface area (Å²) >= 11 is 11.5. The molecule has 0 aliphatic carbocycles. The molecule has 2 rings (SSSR count). The van der Waals surface area contributed by atoms with E-state index in [-0.39, 0.29) is 16.5 Å². The molecule has 0 amide bonds. The van der Waals surface area contributed by atoms with Crippen molar-refractivity contribution in [2.24, 2.45) is 0 Å². The number of hydrogen-bond donors (Lipinski definition) is 1. The van der Waals surface area contributed by atoms with Gasteiger partial charge in [0, 0.05) is 5.56 Å². The van der Waals surface area contributed by atoms with Crippen molar-refractivity contribution >= 4 is 33.2 Å². The highest BCUT2D eigenvalue weighted by Gasteiger charge is 2.14. The molecule has 0 saturated carbocycles. The van der Waals surface area contributed by atoms with Crippen molar-refractivity contribution < 1.29 is 12.8 Å². The predicted octanol–water partition coefficient (Wildman–Crippen LogP) is 3.46. The molecule has 2 aromatic carbocycles. The Morgan fingerprint density at radius 3 is 2.50 bits per heavy atom. The van der Waals surface area contributed by atoms with E-state index in [9.17, 15) is 12.8 Å². The van der Waals surface area contributed by atoms with Gasteiger partial charge in [-0.2, -0.15) is 4.72 Å². The van der Waals surface area contributed by atoms with Crippen LogP contribution in [0.1, 0.15) is 5.56 Å². The van der Waals surface area contributed by atoms with E-state index in [1.807, 2.05) is 0 Å². The van der Waals surface area contributed by atoms with E-state index < -0.39 is 15.8 Å². The van der Waals surface area contributed by atoms with E-state index in [1.54, 1.807) is 24.3 Å². The number of nitrogens with one attached hydrogen (secondary N) is 1. The van der Waals surface area contributed by atoms with Gasteiger partial charge in [0.1, 0.15) is 5.82 Å². The number of halogens is 3. The predicted molar refractivity (Wildman–Crippen MR) is 84.9 cm³/mol. The Hall–Kier alpha value is -1.58. The van der Waals surface area contributed by atoms with Crippen LogP contribution in [0.2, 0.25) is 10.0 Å². The summed E-state index contributed by atoms with van der Waals surface area (Å²) in [4.78, 5) is -0.126. The van der Waals surface area contributed by atoms with Crippen molar-refractivity contribution in [1.82, 2.24) is 4.72 Å². The molecule has 0 aliphatic heterocycles. The summed E-state index contributed by atoms with van der Waals surface area (Å²) < 4.78 is 39.3. The first-order valence-corrected chi connectivity index (χ1v) is 8.32. The summed E-state index contributed by atoms with van der Waals surface area (Å²) in [6.45, 7) is -0.109. The monoisotopic (exact) mass is 357 g/mol. The fraction of sp³-hybridized carbons (Fsp3) is 0.0667. The lowest BCUT2D eigenvalue weighted by Gasteiger charge is -2.04. The molecule has 3 nitrogen and oxygen atoms in total. The van der Waals surface area contributed by atoms with Gasteiger partial charge in [-0.15, -0.1) is 0 Å². The Bertz CT molecular complexity index is 857. The minimum Gasteiger partial charge on any atom is -0.207 e. The lowest BCUT2D eigenvalue weighted by atomic mass is 10.2. The van der Waals surface area contributed by atoms with Crippen LogP contribution in [0.15, 0.2) is 47.4 Å². The quantitative estimate of drug-likeness (QED) is 0.855. The molecule has 7 heteroatoms. The zero-order valence-electron chi connectivity index (χ0n) is 11.1. The van der Waals surface area contributed by atoms with Crippen LogP contribution in [-0.2, 0) is 10.0 Å². The van der Waals surface area contributed by atoms with Gasteiger partial charge in [-0.1, -0.05) is 47.2 Å². The Morgan fingerprint density at radius 1 is 1.09 bits per heavy atom. The third-order valence-corrected chi connectivity index (χ3v) is 4.67. The van der Waals surface area contributed by atoms with Gasteiger partial charge in [0.15, 0.2) is 0 Å². The van der Waals surface area contributed by atoms with Crippen molar-refractivity contribution in [2.45, 2.75) is 4.90 Å². The van der Waals surface area contributed by atoms with Crippen molar-refractivity contribution in [3.05, 3.63) is 63.9 Å². The molecular weight excluding hydrogens is 348 g/mol. The molecule has 0 atom stereocenters. The Kier molecular flexibility index (Phi) is 5.43. The number of benzene rings is 2. The van der Waals surface area contributed by atoms with Crippen molar-refractivity contribution in [3.63, 3.8) is 0 Å². The smallest absolute Gasteiger partial charge is 0.207 e. The summed E-state index contributed by atoms with van der Waals surface area (Å²) in [5.41, 5.74) is 0.605. The first-order chi connectivity index (χ1) is 10.4. The highest BCUT2D eigenvalue weighted by Crippen LogP contribution is 2.19. The summed E-state index contributed by atoms with van der Waals surface area (Å²) in [5, 5.41) is 0.230. The molecule has 1 N–H and O–H groups in total. The van der Waals surface area contributed by atoms with E-state index >= 15 is 0 Å². The van der Waals surface area contributed by atoms with E-state index in [4.69, 9.17) is 23.2 Å². The molecule has 2 aromatic rings. The molecule has 0 aliphatic rings. The molecule has 0 heterocycles. The summed E-state index contributed by atoms with van der Waals surface area (Å²) in [6.07, 6.45) is 0. The fourth-order valence-corrected chi connectivity index (χ4v) is 2.94. The SMILES string of the molecule is O=S(=O)(NCC#Cc1ccccc1Cl)c1ccc(F)c(Cl)c1. The van der Waals surface area contributed by atoms with Crippen LogP contribution >= 0.6 is 23.2 Å². The molecule has 114 valence electrons. The van der Waals surface area contributed by atoms with E-state index in [0.29, 0.717) is 10.6 Å². The van der Waals surface area contributed by atoms with Gasteiger partial charge < -0.3 is 0 Å². The van der Waals surface area contributed by atoms with Crippen LogP contribution in [-0.4, -0.2) is 15.0 Å². The van der Waals surface area contributed by atoms with Crippen LogP contribution < -0.4 is 4.72 Å². The highest BCUT2D eigenvalue weighted by molar-refractivity contribution is 7.89. The molecule has 0 unspecified atom stereocenters. The normalized spacial score (nSPS) is 10.9. The summed E-state index contributed by atoms with van der Waals surface area (Å²) in [7, 11) is -3.80. The number of hydrogen-bond acceptors (Lipinski definition) is 2.